The first-order valence-corrected chi connectivity index (χ1v) is 9.90. The number of hydrazine groups is 1. The molecule has 6 nitrogen and oxygen atoms in total. The summed E-state index contributed by atoms with van der Waals surface area (Å²) in [5.41, 5.74) is 4.89. The molecule has 0 fully saturated rings. The third-order valence-corrected chi connectivity index (χ3v) is 4.78. The average Bonchev–Trinajstić information content (AvgIpc) is 2.66. The quantitative estimate of drug-likeness (QED) is 0.340. The smallest absolute Gasteiger partial charge is 0.276 e. The molecule has 8 heteroatoms. The van der Waals surface area contributed by atoms with Crippen LogP contribution in [0.4, 0.5) is 0 Å². The van der Waals surface area contributed by atoms with Crippen LogP contribution in [0.25, 0.3) is 10.8 Å². The standard InChI is InChI=1S/C19H22BrN3O3S/c1-2-3-4-9-16(24)21-19(27)23-22-17(25)12-26-15-11-10-13-7-5-6-8-14(13)18(15)20/h5-8,10-11H,2-4,9,12H2,1H3,(H,22,25)(H2,21,23,24,27). The van der Waals surface area contributed by atoms with Crippen molar-refractivity contribution < 1.29 is 14.3 Å². The van der Waals surface area contributed by atoms with Crippen molar-refractivity contribution in [2.75, 3.05) is 6.61 Å². The van der Waals surface area contributed by atoms with Crippen LogP contribution in [0.1, 0.15) is 32.6 Å². The van der Waals surface area contributed by atoms with Crippen molar-refractivity contribution in [2.45, 2.75) is 32.6 Å². The second-order valence-electron chi connectivity index (χ2n) is 5.90. The zero-order chi connectivity index (χ0) is 19.6. The fourth-order valence-corrected chi connectivity index (χ4v) is 3.16. The van der Waals surface area contributed by atoms with E-state index in [9.17, 15) is 9.59 Å². The maximum atomic E-state index is 11.9. The Kier molecular flexibility index (Phi) is 8.47. The lowest BCUT2D eigenvalue weighted by molar-refractivity contribution is -0.124. The zero-order valence-electron chi connectivity index (χ0n) is 15.0. The molecule has 0 bridgehead atoms. The van der Waals surface area contributed by atoms with E-state index in [2.05, 4.69) is 39.0 Å². The highest BCUT2D eigenvalue weighted by Crippen LogP contribution is 2.32. The summed E-state index contributed by atoms with van der Waals surface area (Å²) in [6.07, 6.45) is 3.25. The van der Waals surface area contributed by atoms with Gasteiger partial charge in [-0.05, 0) is 51.4 Å². The summed E-state index contributed by atoms with van der Waals surface area (Å²) in [6, 6.07) is 11.6. The highest BCUT2D eigenvalue weighted by molar-refractivity contribution is 9.10. The fraction of sp³-hybridized carbons (Fsp3) is 0.316. The molecule has 0 aromatic heterocycles. The number of hydrogen-bond donors (Lipinski definition) is 3. The summed E-state index contributed by atoms with van der Waals surface area (Å²) >= 11 is 8.48. The summed E-state index contributed by atoms with van der Waals surface area (Å²) in [6.45, 7) is 1.87. The Labute approximate surface area is 172 Å². The summed E-state index contributed by atoms with van der Waals surface area (Å²) in [5.74, 6) is -0.0279. The van der Waals surface area contributed by atoms with Crippen molar-refractivity contribution in [3.63, 3.8) is 0 Å². The van der Waals surface area contributed by atoms with Gasteiger partial charge in [0.25, 0.3) is 5.91 Å². The predicted octanol–water partition coefficient (Wildman–Crippen LogP) is 3.58. The maximum Gasteiger partial charge on any atom is 0.276 e. The second kappa shape index (κ2) is 10.8. The predicted molar refractivity (Wildman–Crippen MR) is 113 cm³/mol. The maximum absolute atomic E-state index is 11.9. The van der Waals surface area contributed by atoms with Crippen LogP contribution in [0.15, 0.2) is 40.9 Å². The lowest BCUT2D eigenvalue weighted by Gasteiger charge is -2.12. The summed E-state index contributed by atoms with van der Waals surface area (Å²) in [5, 5.41) is 4.64. The minimum atomic E-state index is -0.419. The van der Waals surface area contributed by atoms with Gasteiger partial charge in [-0.25, -0.2) is 0 Å². The number of halogens is 1. The van der Waals surface area contributed by atoms with Crippen molar-refractivity contribution in [3.05, 3.63) is 40.9 Å². The number of unbranched alkanes of at least 4 members (excludes halogenated alkanes) is 2. The molecule has 27 heavy (non-hydrogen) atoms. The number of amides is 2. The molecule has 0 saturated carbocycles. The van der Waals surface area contributed by atoms with E-state index in [1.54, 1.807) is 6.07 Å². The second-order valence-corrected chi connectivity index (χ2v) is 7.10. The lowest BCUT2D eigenvalue weighted by Crippen LogP contribution is -2.49. The highest BCUT2D eigenvalue weighted by Gasteiger charge is 2.09. The first kappa shape index (κ1) is 21.1. The van der Waals surface area contributed by atoms with E-state index in [1.807, 2.05) is 30.3 Å². The molecular formula is C19H22BrN3O3S. The Hall–Kier alpha value is -2.19. The molecule has 0 unspecified atom stereocenters. The molecule has 0 aliphatic heterocycles. The number of rotatable bonds is 7. The first-order valence-electron chi connectivity index (χ1n) is 8.70. The number of ether oxygens (including phenoxy) is 1. The molecule has 0 aliphatic rings. The van der Waals surface area contributed by atoms with E-state index in [1.165, 1.54) is 0 Å². The van der Waals surface area contributed by atoms with Crippen molar-refractivity contribution in [1.29, 1.82) is 0 Å². The van der Waals surface area contributed by atoms with E-state index in [0.29, 0.717) is 12.2 Å². The Bertz CT molecular complexity index is 829. The number of carbonyl (C=O) groups is 2. The van der Waals surface area contributed by atoms with Gasteiger partial charge in [-0.3, -0.25) is 20.4 Å². The van der Waals surface area contributed by atoms with Crippen molar-refractivity contribution in [2.24, 2.45) is 0 Å². The van der Waals surface area contributed by atoms with Gasteiger partial charge in [-0.1, -0.05) is 50.1 Å². The monoisotopic (exact) mass is 451 g/mol. The number of carbonyl (C=O) groups excluding carboxylic acids is 2. The third-order valence-electron chi connectivity index (χ3n) is 3.76. The summed E-state index contributed by atoms with van der Waals surface area (Å²) in [7, 11) is 0. The Morgan fingerprint density at radius 1 is 1.07 bits per heavy atom. The average molecular weight is 452 g/mol. The molecule has 2 aromatic rings. The van der Waals surface area contributed by atoms with Gasteiger partial charge in [-0.2, -0.15) is 0 Å². The molecule has 0 atom stereocenters. The molecule has 2 amide bonds. The van der Waals surface area contributed by atoms with Gasteiger partial charge in [0.2, 0.25) is 5.91 Å². The van der Waals surface area contributed by atoms with Crippen LogP contribution < -0.4 is 20.9 Å². The molecular weight excluding hydrogens is 430 g/mol. The molecule has 0 spiro atoms. The summed E-state index contributed by atoms with van der Waals surface area (Å²) in [4.78, 5) is 23.6. The molecule has 0 aliphatic carbocycles. The largest absolute Gasteiger partial charge is 0.483 e. The van der Waals surface area contributed by atoms with Crippen LogP contribution in [0, 0.1) is 0 Å². The minimum absolute atomic E-state index is 0.0525. The van der Waals surface area contributed by atoms with Crippen LogP contribution in [0.2, 0.25) is 0 Å². The van der Waals surface area contributed by atoms with Gasteiger partial charge in [0, 0.05) is 6.42 Å². The number of fused-ring (bicyclic) bond motifs is 1. The van der Waals surface area contributed by atoms with E-state index in [0.717, 1.165) is 34.5 Å². The van der Waals surface area contributed by atoms with Crippen molar-refractivity contribution in [3.8, 4) is 5.75 Å². The van der Waals surface area contributed by atoms with Gasteiger partial charge < -0.3 is 10.1 Å². The minimum Gasteiger partial charge on any atom is -0.483 e. The number of hydrogen-bond acceptors (Lipinski definition) is 4. The lowest BCUT2D eigenvalue weighted by atomic mass is 10.1. The number of benzene rings is 2. The molecule has 0 heterocycles. The Balaban J connectivity index is 1.75. The van der Waals surface area contributed by atoms with Crippen molar-refractivity contribution >= 4 is 55.8 Å². The van der Waals surface area contributed by atoms with Crippen LogP contribution in [-0.2, 0) is 9.59 Å². The van der Waals surface area contributed by atoms with Gasteiger partial charge >= 0.3 is 0 Å². The first-order chi connectivity index (χ1) is 13.0. The molecule has 3 N–H and O–H groups in total. The Morgan fingerprint density at radius 3 is 2.63 bits per heavy atom. The van der Waals surface area contributed by atoms with Crippen LogP contribution in [-0.4, -0.2) is 23.5 Å². The zero-order valence-corrected chi connectivity index (χ0v) is 17.4. The summed E-state index contributed by atoms with van der Waals surface area (Å²) < 4.78 is 6.34. The van der Waals surface area contributed by atoms with Crippen LogP contribution in [0.5, 0.6) is 5.75 Å². The Morgan fingerprint density at radius 2 is 1.85 bits per heavy atom. The normalized spacial score (nSPS) is 10.3. The SMILES string of the molecule is CCCCCC(=O)NC(=S)NNC(=O)COc1ccc2ccccc2c1Br. The van der Waals surface area contributed by atoms with Crippen LogP contribution in [0.3, 0.4) is 0 Å². The van der Waals surface area contributed by atoms with E-state index in [-0.39, 0.29) is 17.6 Å². The van der Waals surface area contributed by atoms with Gasteiger partial charge in [0.15, 0.2) is 11.7 Å². The molecule has 0 radical (unpaired) electrons. The molecule has 144 valence electrons. The number of nitrogens with one attached hydrogen (secondary N) is 3. The van der Waals surface area contributed by atoms with Gasteiger partial charge in [0.05, 0.1) is 4.47 Å². The van der Waals surface area contributed by atoms with Gasteiger partial charge in [-0.15, -0.1) is 0 Å². The number of thiocarbonyl (C=S) groups is 1. The third kappa shape index (κ3) is 6.80. The fourth-order valence-electron chi connectivity index (χ4n) is 2.39. The molecule has 0 saturated heterocycles. The highest BCUT2D eigenvalue weighted by atomic mass is 79.9. The topological polar surface area (TPSA) is 79.5 Å². The molecule has 2 rings (SSSR count). The van der Waals surface area contributed by atoms with E-state index < -0.39 is 5.91 Å². The van der Waals surface area contributed by atoms with E-state index in [4.69, 9.17) is 17.0 Å². The van der Waals surface area contributed by atoms with Crippen LogP contribution >= 0.6 is 28.1 Å². The van der Waals surface area contributed by atoms with Crippen molar-refractivity contribution in [1.82, 2.24) is 16.2 Å². The van der Waals surface area contributed by atoms with E-state index >= 15 is 0 Å². The van der Waals surface area contributed by atoms with Gasteiger partial charge in [0.1, 0.15) is 5.75 Å². The molecule has 2 aromatic carbocycles.